The maximum atomic E-state index is 12.5. The number of benzene rings is 2. The zero-order valence-electron chi connectivity index (χ0n) is 10.3. The van der Waals surface area contributed by atoms with Gasteiger partial charge in [-0.25, -0.2) is 0 Å². The summed E-state index contributed by atoms with van der Waals surface area (Å²) < 4.78 is 5.52. The fourth-order valence-electron chi connectivity index (χ4n) is 1.99. The minimum Gasteiger partial charge on any atom is -0.451 e. The summed E-state index contributed by atoms with van der Waals surface area (Å²) in [6.45, 7) is 0. The van der Waals surface area contributed by atoms with Crippen LogP contribution in [0.5, 0.6) is 0 Å². The smallest absolute Gasteiger partial charge is 0.229 e. The Morgan fingerprint density at radius 1 is 0.857 bits per heavy atom. The van der Waals surface area contributed by atoms with E-state index >= 15 is 0 Å². The van der Waals surface area contributed by atoms with E-state index in [4.69, 9.17) is 50.8 Å². The number of hydrogen-bond acceptors (Lipinski definition) is 2. The summed E-state index contributed by atoms with van der Waals surface area (Å²) in [4.78, 5) is 12.5. The summed E-state index contributed by atoms with van der Waals surface area (Å²) >= 11 is 23.9. The topological polar surface area (TPSA) is 30.2 Å². The average Bonchev–Trinajstić information content (AvgIpc) is 2.85. The normalized spacial score (nSPS) is 11.0. The van der Waals surface area contributed by atoms with Gasteiger partial charge in [0.25, 0.3) is 0 Å². The van der Waals surface area contributed by atoms with Crippen LogP contribution in [0.1, 0.15) is 16.1 Å². The Kier molecular flexibility index (Phi) is 3.89. The SMILES string of the molecule is O=C(c1cc2cc(Cl)cc(Cl)c2o1)c1cc(Cl)ccc1Cl. The lowest BCUT2D eigenvalue weighted by molar-refractivity contribution is 0.101. The molecule has 2 aromatic carbocycles. The first-order chi connectivity index (χ1) is 9.95. The molecule has 0 N–H and O–H groups in total. The second-order valence-corrected chi connectivity index (χ2v) is 6.06. The average molecular weight is 360 g/mol. The van der Waals surface area contributed by atoms with Gasteiger partial charge >= 0.3 is 0 Å². The van der Waals surface area contributed by atoms with Crippen molar-refractivity contribution in [1.82, 2.24) is 0 Å². The number of halogens is 4. The molecule has 1 heterocycles. The van der Waals surface area contributed by atoms with Gasteiger partial charge in [-0.3, -0.25) is 4.79 Å². The second-order valence-electron chi connectivity index (χ2n) is 4.37. The molecule has 3 aromatic rings. The van der Waals surface area contributed by atoms with E-state index < -0.39 is 0 Å². The van der Waals surface area contributed by atoms with Gasteiger partial charge in [-0.05, 0) is 36.4 Å². The molecule has 0 radical (unpaired) electrons. The van der Waals surface area contributed by atoms with Crippen molar-refractivity contribution < 1.29 is 9.21 Å². The van der Waals surface area contributed by atoms with E-state index in [1.807, 2.05) is 0 Å². The van der Waals surface area contributed by atoms with Crippen molar-refractivity contribution in [2.45, 2.75) is 0 Å². The molecule has 6 heteroatoms. The molecule has 1 aromatic heterocycles. The van der Waals surface area contributed by atoms with Gasteiger partial charge in [0.1, 0.15) is 0 Å². The third-order valence-corrected chi connectivity index (χ3v) is 4.00. The lowest BCUT2D eigenvalue weighted by Crippen LogP contribution is -2.00. The highest BCUT2D eigenvalue weighted by Crippen LogP contribution is 2.32. The summed E-state index contributed by atoms with van der Waals surface area (Å²) in [6, 6.07) is 9.46. The van der Waals surface area contributed by atoms with E-state index in [1.165, 1.54) is 6.07 Å². The van der Waals surface area contributed by atoms with Crippen molar-refractivity contribution in [1.29, 1.82) is 0 Å². The van der Waals surface area contributed by atoms with E-state index in [9.17, 15) is 4.79 Å². The number of ketones is 1. The van der Waals surface area contributed by atoms with Crippen LogP contribution in [0.15, 0.2) is 40.8 Å². The molecule has 0 saturated carbocycles. The quantitative estimate of drug-likeness (QED) is 0.504. The molecule has 0 saturated heterocycles. The van der Waals surface area contributed by atoms with Crippen molar-refractivity contribution >= 4 is 63.2 Å². The Labute approximate surface area is 140 Å². The summed E-state index contributed by atoms with van der Waals surface area (Å²) in [5.41, 5.74) is 0.674. The Morgan fingerprint density at radius 2 is 1.62 bits per heavy atom. The predicted molar refractivity (Wildman–Crippen MR) is 86.1 cm³/mol. The number of hydrogen-bond donors (Lipinski definition) is 0. The van der Waals surface area contributed by atoms with Crippen LogP contribution in [-0.4, -0.2) is 5.78 Å². The van der Waals surface area contributed by atoms with Crippen LogP contribution in [0.25, 0.3) is 11.0 Å². The van der Waals surface area contributed by atoms with Crippen LogP contribution in [-0.2, 0) is 0 Å². The Bertz CT molecular complexity index is 867. The maximum Gasteiger partial charge on any atom is 0.229 e. The minimum absolute atomic E-state index is 0.123. The molecule has 0 unspecified atom stereocenters. The highest BCUT2D eigenvalue weighted by Gasteiger charge is 2.19. The highest BCUT2D eigenvalue weighted by atomic mass is 35.5. The molecule has 0 aliphatic rings. The molecule has 0 fully saturated rings. The molecule has 2 nitrogen and oxygen atoms in total. The first kappa shape index (κ1) is 14.7. The van der Waals surface area contributed by atoms with Crippen molar-refractivity contribution in [2.75, 3.05) is 0 Å². The minimum atomic E-state index is -0.370. The molecule has 3 rings (SSSR count). The van der Waals surface area contributed by atoms with Crippen LogP contribution in [0, 0.1) is 0 Å². The van der Waals surface area contributed by atoms with Crippen LogP contribution < -0.4 is 0 Å². The van der Waals surface area contributed by atoms with Crippen molar-refractivity contribution in [3.05, 3.63) is 67.8 Å². The number of furan rings is 1. The van der Waals surface area contributed by atoms with Crippen molar-refractivity contribution in [2.24, 2.45) is 0 Å². The molecule has 0 spiro atoms. The molecule has 21 heavy (non-hydrogen) atoms. The molecular formula is C15H6Cl4O2. The second kappa shape index (κ2) is 5.54. The van der Waals surface area contributed by atoms with Crippen LogP contribution in [0.4, 0.5) is 0 Å². The molecule has 0 bridgehead atoms. The first-order valence-electron chi connectivity index (χ1n) is 5.84. The third kappa shape index (κ3) is 2.77. The maximum absolute atomic E-state index is 12.5. The van der Waals surface area contributed by atoms with Gasteiger partial charge in [-0.15, -0.1) is 0 Å². The third-order valence-electron chi connectivity index (χ3n) is 2.93. The largest absolute Gasteiger partial charge is 0.451 e. The van der Waals surface area contributed by atoms with E-state index in [0.29, 0.717) is 31.1 Å². The number of fused-ring (bicyclic) bond motifs is 1. The zero-order chi connectivity index (χ0) is 15.1. The van der Waals surface area contributed by atoms with E-state index in [-0.39, 0.29) is 17.1 Å². The Hall–Kier alpha value is -1.19. The Morgan fingerprint density at radius 3 is 2.38 bits per heavy atom. The van der Waals surface area contributed by atoms with Crippen LogP contribution in [0.2, 0.25) is 20.1 Å². The van der Waals surface area contributed by atoms with Gasteiger partial charge in [-0.2, -0.15) is 0 Å². The van der Waals surface area contributed by atoms with Crippen LogP contribution in [0.3, 0.4) is 0 Å². The lowest BCUT2D eigenvalue weighted by atomic mass is 10.1. The van der Waals surface area contributed by atoms with E-state index in [2.05, 4.69) is 0 Å². The highest BCUT2D eigenvalue weighted by molar-refractivity contribution is 6.39. The van der Waals surface area contributed by atoms with Gasteiger partial charge in [0.15, 0.2) is 11.3 Å². The van der Waals surface area contributed by atoms with Gasteiger partial charge in [0.05, 0.1) is 10.0 Å². The fourth-order valence-corrected chi connectivity index (χ4v) is 2.92. The van der Waals surface area contributed by atoms with E-state index in [1.54, 1.807) is 30.3 Å². The van der Waals surface area contributed by atoms with Gasteiger partial charge in [0, 0.05) is 21.0 Å². The lowest BCUT2D eigenvalue weighted by Gasteiger charge is -2.01. The van der Waals surface area contributed by atoms with Crippen LogP contribution >= 0.6 is 46.4 Å². The number of carbonyl (C=O) groups is 1. The fraction of sp³-hybridized carbons (Fsp3) is 0. The van der Waals surface area contributed by atoms with Gasteiger partial charge in [0.2, 0.25) is 5.78 Å². The first-order valence-corrected chi connectivity index (χ1v) is 7.35. The zero-order valence-corrected chi connectivity index (χ0v) is 13.3. The molecular weight excluding hydrogens is 354 g/mol. The molecule has 0 amide bonds. The van der Waals surface area contributed by atoms with Gasteiger partial charge in [-0.1, -0.05) is 46.4 Å². The monoisotopic (exact) mass is 358 g/mol. The molecule has 0 aliphatic carbocycles. The summed E-state index contributed by atoms with van der Waals surface area (Å²) in [6.07, 6.45) is 0. The number of rotatable bonds is 2. The number of carbonyl (C=O) groups excluding carboxylic acids is 1. The predicted octanol–water partition coefficient (Wildman–Crippen LogP) is 6.28. The van der Waals surface area contributed by atoms with E-state index in [0.717, 1.165) is 0 Å². The summed E-state index contributed by atoms with van der Waals surface area (Å²) in [5, 5.41) is 2.17. The van der Waals surface area contributed by atoms with Gasteiger partial charge < -0.3 is 4.42 Å². The van der Waals surface area contributed by atoms with Crippen molar-refractivity contribution in [3.8, 4) is 0 Å². The summed E-state index contributed by atoms with van der Waals surface area (Å²) in [7, 11) is 0. The molecule has 0 aliphatic heterocycles. The summed E-state index contributed by atoms with van der Waals surface area (Å²) in [5.74, 6) is -0.246. The molecule has 106 valence electrons. The molecule has 0 atom stereocenters. The van der Waals surface area contributed by atoms with Crippen molar-refractivity contribution in [3.63, 3.8) is 0 Å². The Balaban J connectivity index is 2.14. The standard InChI is InChI=1S/C15H6Cl4O2/c16-8-1-2-11(18)10(5-8)14(20)13-4-7-3-9(17)6-12(19)15(7)21-13/h1-6H.